The van der Waals surface area contributed by atoms with Crippen LogP contribution in [0.4, 0.5) is 8.78 Å². The number of carbonyl (C=O) groups excluding carboxylic acids is 1. The normalized spacial score (nSPS) is 16.1. The van der Waals surface area contributed by atoms with Crippen molar-refractivity contribution < 1.29 is 26.7 Å². The van der Waals surface area contributed by atoms with Crippen LogP contribution in [0.1, 0.15) is 0 Å². The van der Waals surface area contributed by atoms with E-state index < -0.39 is 39.0 Å². The molecule has 1 aromatic rings. The van der Waals surface area contributed by atoms with Crippen molar-refractivity contribution in [2.75, 3.05) is 39.9 Å². The Bertz CT molecular complexity index is 640. The quantitative estimate of drug-likeness (QED) is 0.802. The summed E-state index contributed by atoms with van der Waals surface area (Å²) in [5.74, 6) is -2.82. The van der Waals surface area contributed by atoms with Gasteiger partial charge in [-0.15, -0.1) is 0 Å². The summed E-state index contributed by atoms with van der Waals surface area (Å²) in [6, 6.07) is 2.78. The SMILES string of the molecule is CN(CC(=O)N1CCOCC1)S(=O)(=O)c1c(F)cccc1F. The van der Waals surface area contributed by atoms with Crippen molar-refractivity contribution in [2.24, 2.45) is 0 Å². The molecule has 1 aliphatic heterocycles. The maximum atomic E-state index is 13.6. The Morgan fingerprint density at radius 3 is 2.36 bits per heavy atom. The Kier molecular flexibility index (Phi) is 5.09. The van der Waals surface area contributed by atoms with Gasteiger partial charge in [-0.2, -0.15) is 4.31 Å². The molecular weight excluding hydrogens is 318 g/mol. The lowest BCUT2D eigenvalue weighted by atomic mass is 10.3. The van der Waals surface area contributed by atoms with E-state index in [1.807, 2.05) is 0 Å². The third-order valence-corrected chi connectivity index (χ3v) is 5.16. The van der Waals surface area contributed by atoms with Crippen LogP contribution < -0.4 is 0 Å². The van der Waals surface area contributed by atoms with E-state index in [9.17, 15) is 22.0 Å². The molecule has 0 saturated carbocycles. The van der Waals surface area contributed by atoms with Gasteiger partial charge in [0.2, 0.25) is 15.9 Å². The van der Waals surface area contributed by atoms with Crippen molar-refractivity contribution in [3.8, 4) is 0 Å². The molecule has 1 aliphatic rings. The third-order valence-electron chi connectivity index (χ3n) is 3.31. The van der Waals surface area contributed by atoms with Crippen LogP contribution in [-0.2, 0) is 19.6 Å². The van der Waals surface area contributed by atoms with Crippen molar-refractivity contribution in [1.82, 2.24) is 9.21 Å². The highest BCUT2D eigenvalue weighted by molar-refractivity contribution is 7.89. The van der Waals surface area contributed by atoms with Crippen molar-refractivity contribution in [3.05, 3.63) is 29.8 Å². The summed E-state index contributed by atoms with van der Waals surface area (Å²) in [5, 5.41) is 0. The van der Waals surface area contributed by atoms with Crippen LogP contribution in [-0.4, -0.2) is 63.4 Å². The number of rotatable bonds is 4. The van der Waals surface area contributed by atoms with Gasteiger partial charge in [0.15, 0.2) is 4.90 Å². The lowest BCUT2D eigenvalue weighted by Gasteiger charge is -2.28. The molecule has 6 nitrogen and oxygen atoms in total. The predicted molar refractivity (Wildman–Crippen MR) is 73.6 cm³/mol. The Labute approximate surface area is 127 Å². The number of amides is 1. The molecule has 1 heterocycles. The molecule has 1 amide bonds. The summed E-state index contributed by atoms with van der Waals surface area (Å²) in [7, 11) is -3.32. The molecule has 0 N–H and O–H groups in total. The van der Waals surface area contributed by atoms with E-state index in [1.165, 1.54) is 4.90 Å². The summed E-state index contributed by atoms with van der Waals surface area (Å²) in [4.78, 5) is 12.4. The number of likely N-dealkylation sites (N-methyl/N-ethyl adjacent to an activating group) is 1. The monoisotopic (exact) mass is 334 g/mol. The Morgan fingerprint density at radius 2 is 1.82 bits per heavy atom. The second-order valence-corrected chi connectivity index (χ2v) is 6.79. The summed E-state index contributed by atoms with van der Waals surface area (Å²) in [6.07, 6.45) is 0. The van der Waals surface area contributed by atoms with E-state index >= 15 is 0 Å². The van der Waals surface area contributed by atoms with Crippen molar-refractivity contribution in [2.45, 2.75) is 4.90 Å². The van der Waals surface area contributed by atoms with Gasteiger partial charge in [-0.3, -0.25) is 4.79 Å². The molecule has 0 unspecified atom stereocenters. The fourth-order valence-corrected chi connectivity index (χ4v) is 3.29. The van der Waals surface area contributed by atoms with Crippen molar-refractivity contribution >= 4 is 15.9 Å². The van der Waals surface area contributed by atoms with Crippen LogP contribution in [0.5, 0.6) is 0 Å². The van der Waals surface area contributed by atoms with E-state index in [4.69, 9.17) is 4.74 Å². The van der Waals surface area contributed by atoms with Gasteiger partial charge in [0, 0.05) is 20.1 Å². The first-order valence-electron chi connectivity index (χ1n) is 6.60. The van der Waals surface area contributed by atoms with Gasteiger partial charge >= 0.3 is 0 Å². The molecule has 0 spiro atoms. The molecular formula is C13H16F2N2O4S. The highest BCUT2D eigenvalue weighted by Crippen LogP contribution is 2.21. The highest BCUT2D eigenvalue weighted by Gasteiger charge is 2.30. The molecule has 9 heteroatoms. The van der Waals surface area contributed by atoms with Crippen molar-refractivity contribution in [3.63, 3.8) is 0 Å². The molecule has 1 aromatic carbocycles. The Hall–Kier alpha value is -1.58. The van der Waals surface area contributed by atoms with Gasteiger partial charge in [-0.05, 0) is 12.1 Å². The summed E-state index contributed by atoms with van der Waals surface area (Å²) < 4.78 is 57.5. The summed E-state index contributed by atoms with van der Waals surface area (Å²) >= 11 is 0. The van der Waals surface area contributed by atoms with E-state index in [0.717, 1.165) is 25.2 Å². The molecule has 0 radical (unpaired) electrons. The molecule has 1 fully saturated rings. The molecule has 22 heavy (non-hydrogen) atoms. The van der Waals surface area contributed by atoms with E-state index in [0.29, 0.717) is 30.6 Å². The smallest absolute Gasteiger partial charge is 0.249 e. The van der Waals surface area contributed by atoms with Gasteiger partial charge in [0.05, 0.1) is 19.8 Å². The third kappa shape index (κ3) is 3.42. The largest absolute Gasteiger partial charge is 0.378 e. The van der Waals surface area contributed by atoms with Crippen LogP contribution in [0, 0.1) is 11.6 Å². The number of ether oxygens (including phenoxy) is 1. The molecule has 0 atom stereocenters. The molecule has 0 aliphatic carbocycles. The lowest BCUT2D eigenvalue weighted by Crippen LogP contribution is -2.46. The standard InChI is InChI=1S/C13H16F2N2O4S/c1-16(9-12(18)17-5-7-21-8-6-17)22(19,20)13-10(14)3-2-4-11(13)15/h2-4H,5-9H2,1H3. The molecule has 0 bridgehead atoms. The van der Waals surface area contributed by atoms with Gasteiger partial charge in [0.25, 0.3) is 0 Å². The first-order chi connectivity index (χ1) is 10.3. The van der Waals surface area contributed by atoms with Crippen LogP contribution in [0.2, 0.25) is 0 Å². The van der Waals surface area contributed by atoms with Gasteiger partial charge < -0.3 is 9.64 Å². The fourth-order valence-electron chi connectivity index (χ4n) is 2.07. The van der Waals surface area contributed by atoms with Crippen molar-refractivity contribution in [1.29, 1.82) is 0 Å². The Morgan fingerprint density at radius 1 is 1.27 bits per heavy atom. The number of hydrogen-bond donors (Lipinski definition) is 0. The van der Waals surface area contributed by atoms with Crippen LogP contribution >= 0.6 is 0 Å². The second-order valence-electron chi connectivity index (χ2n) is 4.81. The van der Waals surface area contributed by atoms with Crippen LogP contribution in [0.3, 0.4) is 0 Å². The molecule has 0 aromatic heterocycles. The molecule has 1 saturated heterocycles. The number of benzene rings is 1. The first-order valence-corrected chi connectivity index (χ1v) is 8.04. The summed E-state index contributed by atoms with van der Waals surface area (Å²) in [5.41, 5.74) is 0. The predicted octanol–water partition coefficient (Wildman–Crippen LogP) is 0.444. The van der Waals surface area contributed by atoms with Gasteiger partial charge in [-0.1, -0.05) is 6.07 Å². The minimum absolute atomic E-state index is 0.362. The average molecular weight is 334 g/mol. The number of halogens is 2. The minimum atomic E-state index is -4.43. The molecule has 122 valence electrons. The van der Waals surface area contributed by atoms with Crippen LogP contribution in [0.15, 0.2) is 23.1 Å². The van der Waals surface area contributed by atoms with E-state index in [-0.39, 0.29) is 0 Å². The van der Waals surface area contributed by atoms with E-state index in [1.54, 1.807) is 0 Å². The summed E-state index contributed by atoms with van der Waals surface area (Å²) in [6.45, 7) is 0.992. The first kappa shape index (κ1) is 16.8. The fraction of sp³-hybridized carbons (Fsp3) is 0.462. The van der Waals surface area contributed by atoms with Crippen LogP contribution in [0.25, 0.3) is 0 Å². The lowest BCUT2D eigenvalue weighted by molar-refractivity contribution is -0.135. The number of morpholine rings is 1. The highest BCUT2D eigenvalue weighted by atomic mass is 32.2. The Balaban J connectivity index is 2.17. The number of sulfonamides is 1. The van der Waals surface area contributed by atoms with Gasteiger partial charge in [0.1, 0.15) is 11.6 Å². The maximum Gasteiger partial charge on any atom is 0.249 e. The van der Waals surface area contributed by atoms with Gasteiger partial charge in [-0.25, -0.2) is 17.2 Å². The zero-order chi connectivity index (χ0) is 16.3. The minimum Gasteiger partial charge on any atom is -0.378 e. The number of nitrogens with zero attached hydrogens (tertiary/aromatic N) is 2. The zero-order valence-electron chi connectivity index (χ0n) is 12.0. The average Bonchev–Trinajstić information content (AvgIpc) is 2.47. The van der Waals surface area contributed by atoms with E-state index in [2.05, 4.69) is 0 Å². The topological polar surface area (TPSA) is 66.9 Å². The second kappa shape index (κ2) is 6.67. The maximum absolute atomic E-state index is 13.6. The number of carbonyl (C=O) groups is 1. The number of hydrogen-bond acceptors (Lipinski definition) is 4. The molecule has 2 rings (SSSR count). The zero-order valence-corrected chi connectivity index (χ0v) is 12.8.